The van der Waals surface area contributed by atoms with Crippen molar-refractivity contribution in [3.05, 3.63) is 80.0 Å². The number of carbonyl (C=O) groups is 2. The molecule has 9 heteroatoms. The highest BCUT2D eigenvalue weighted by Crippen LogP contribution is 2.10. The van der Waals surface area contributed by atoms with Gasteiger partial charge in [-0.2, -0.15) is 0 Å². The second-order valence-corrected chi connectivity index (χ2v) is 9.67. The van der Waals surface area contributed by atoms with E-state index in [-0.39, 0.29) is 24.9 Å². The van der Waals surface area contributed by atoms with Crippen LogP contribution in [0.5, 0.6) is 0 Å². The number of benzene rings is 2. The number of fused-ring (bicyclic) bond motifs is 1. The van der Waals surface area contributed by atoms with Gasteiger partial charge in [-0.3, -0.25) is 23.5 Å². The minimum Gasteiger partial charge on any atom is -0.356 e. The molecule has 8 nitrogen and oxygen atoms in total. The number of hydrogen-bond acceptors (Lipinski definition) is 4. The van der Waals surface area contributed by atoms with Gasteiger partial charge in [-0.1, -0.05) is 49.7 Å². The van der Waals surface area contributed by atoms with E-state index in [1.807, 2.05) is 12.1 Å². The minimum atomic E-state index is -0.540. The molecule has 1 heterocycles. The summed E-state index contributed by atoms with van der Waals surface area (Å²) in [6.45, 7) is 5.10. The van der Waals surface area contributed by atoms with Crippen LogP contribution in [-0.4, -0.2) is 27.5 Å². The lowest BCUT2D eigenvalue weighted by Crippen LogP contribution is -2.42. The first-order valence-corrected chi connectivity index (χ1v) is 12.6. The van der Waals surface area contributed by atoms with Gasteiger partial charge in [-0.25, -0.2) is 4.79 Å². The molecule has 0 aliphatic heterocycles. The molecule has 0 bridgehead atoms. The predicted octanol–water partition coefficient (Wildman–Crippen LogP) is 3.47. The maximum atomic E-state index is 13.2. The van der Waals surface area contributed by atoms with Gasteiger partial charge < -0.3 is 10.6 Å². The van der Waals surface area contributed by atoms with Crippen LogP contribution in [-0.2, 0) is 29.2 Å². The molecule has 2 aromatic carbocycles. The molecule has 192 valence electrons. The Morgan fingerprint density at radius 3 is 2.36 bits per heavy atom. The molecular weight excluding hydrogens is 480 g/mol. The highest BCUT2D eigenvalue weighted by molar-refractivity contribution is 6.30. The second kappa shape index (κ2) is 13.1. The summed E-state index contributed by atoms with van der Waals surface area (Å²) in [7, 11) is 0. The van der Waals surface area contributed by atoms with Crippen LogP contribution >= 0.6 is 11.6 Å². The molecule has 1 aromatic heterocycles. The van der Waals surface area contributed by atoms with E-state index in [2.05, 4.69) is 24.5 Å². The number of hydrogen-bond donors (Lipinski definition) is 2. The Bertz CT molecular complexity index is 1310. The van der Waals surface area contributed by atoms with E-state index in [1.54, 1.807) is 36.4 Å². The van der Waals surface area contributed by atoms with Crippen LogP contribution in [0, 0.1) is 5.92 Å². The summed E-state index contributed by atoms with van der Waals surface area (Å²) in [4.78, 5) is 50.9. The lowest BCUT2D eigenvalue weighted by Gasteiger charge is -2.14. The van der Waals surface area contributed by atoms with Crippen molar-refractivity contribution in [1.82, 2.24) is 19.8 Å². The molecule has 0 saturated heterocycles. The highest BCUT2D eigenvalue weighted by atomic mass is 35.5. The summed E-state index contributed by atoms with van der Waals surface area (Å²) < 4.78 is 2.48. The third-order valence-corrected chi connectivity index (χ3v) is 6.17. The van der Waals surface area contributed by atoms with Crippen LogP contribution in [0.1, 0.15) is 45.1 Å². The smallest absolute Gasteiger partial charge is 0.331 e. The normalized spacial score (nSPS) is 11.1. The third-order valence-electron chi connectivity index (χ3n) is 5.92. The molecule has 0 radical (unpaired) electrons. The molecule has 0 aliphatic rings. The van der Waals surface area contributed by atoms with E-state index < -0.39 is 11.2 Å². The molecule has 0 aliphatic carbocycles. The zero-order chi connectivity index (χ0) is 26.1. The quantitative estimate of drug-likeness (QED) is 0.363. The SMILES string of the molecule is CC(C)CCNC(=O)CCCCn1c(=O)c2ccccc2n(CC(=O)NCc2ccc(Cl)cc2)c1=O. The fraction of sp³-hybridized carbons (Fsp3) is 0.407. The molecule has 0 fully saturated rings. The number of carbonyl (C=O) groups excluding carboxylic acids is 2. The zero-order valence-electron chi connectivity index (χ0n) is 20.8. The molecule has 0 unspecified atom stereocenters. The van der Waals surface area contributed by atoms with Gasteiger partial charge in [0.15, 0.2) is 0 Å². The molecule has 3 aromatic rings. The number of halogens is 1. The maximum Gasteiger partial charge on any atom is 0.331 e. The predicted molar refractivity (Wildman–Crippen MR) is 142 cm³/mol. The molecule has 36 heavy (non-hydrogen) atoms. The van der Waals surface area contributed by atoms with Crippen molar-refractivity contribution < 1.29 is 9.59 Å². The molecule has 0 saturated carbocycles. The van der Waals surface area contributed by atoms with Gasteiger partial charge >= 0.3 is 5.69 Å². The van der Waals surface area contributed by atoms with E-state index in [1.165, 1.54) is 4.57 Å². The van der Waals surface area contributed by atoms with Crippen molar-refractivity contribution in [2.24, 2.45) is 5.92 Å². The van der Waals surface area contributed by atoms with Gasteiger partial charge in [0, 0.05) is 31.1 Å². The van der Waals surface area contributed by atoms with Crippen molar-refractivity contribution in [3.63, 3.8) is 0 Å². The Balaban J connectivity index is 1.68. The molecule has 2 amide bonds. The first-order chi connectivity index (χ1) is 17.3. The number of amides is 2. The van der Waals surface area contributed by atoms with Crippen LogP contribution < -0.4 is 21.9 Å². The number of unbranched alkanes of at least 4 members (excludes halogenated alkanes) is 1. The monoisotopic (exact) mass is 512 g/mol. The standard InChI is InChI=1S/C27H33ClN4O4/c1-19(2)14-15-29-24(33)9-5-6-16-31-26(35)22-7-3-4-8-23(22)32(27(31)36)18-25(34)30-17-20-10-12-21(28)13-11-20/h3-4,7-8,10-13,19H,5-6,9,14-18H2,1-2H3,(H,29,33)(H,30,34). The Kier molecular flexibility index (Phi) is 9.87. The van der Waals surface area contributed by atoms with Crippen molar-refractivity contribution in [1.29, 1.82) is 0 Å². The fourth-order valence-electron chi connectivity index (χ4n) is 3.87. The van der Waals surface area contributed by atoms with Crippen LogP contribution in [0.15, 0.2) is 58.1 Å². The lowest BCUT2D eigenvalue weighted by molar-refractivity contribution is -0.122. The lowest BCUT2D eigenvalue weighted by atomic mass is 10.1. The first kappa shape index (κ1) is 27.2. The summed E-state index contributed by atoms with van der Waals surface area (Å²) in [5.41, 5.74) is 0.356. The Morgan fingerprint density at radius 1 is 0.917 bits per heavy atom. The van der Waals surface area contributed by atoms with Gasteiger partial charge in [0.05, 0.1) is 10.9 Å². The van der Waals surface area contributed by atoms with E-state index in [0.29, 0.717) is 54.2 Å². The Labute approximate surface area is 215 Å². The number of aromatic nitrogens is 2. The first-order valence-electron chi connectivity index (χ1n) is 12.3. The summed E-state index contributed by atoms with van der Waals surface area (Å²) in [6.07, 6.45) is 2.30. The van der Waals surface area contributed by atoms with Gasteiger partial charge in [0.1, 0.15) is 6.54 Å². The number of rotatable bonds is 12. The summed E-state index contributed by atoms with van der Waals surface area (Å²) >= 11 is 5.90. The summed E-state index contributed by atoms with van der Waals surface area (Å²) in [5, 5.41) is 6.68. The van der Waals surface area contributed by atoms with Gasteiger partial charge in [0.25, 0.3) is 5.56 Å². The zero-order valence-corrected chi connectivity index (χ0v) is 21.5. The average Bonchev–Trinajstić information content (AvgIpc) is 2.85. The van der Waals surface area contributed by atoms with E-state index in [0.717, 1.165) is 16.6 Å². The minimum absolute atomic E-state index is 0.0312. The largest absolute Gasteiger partial charge is 0.356 e. The van der Waals surface area contributed by atoms with E-state index in [4.69, 9.17) is 11.6 Å². The van der Waals surface area contributed by atoms with Crippen LogP contribution in [0.2, 0.25) is 5.02 Å². The molecule has 0 atom stereocenters. The van der Waals surface area contributed by atoms with Crippen LogP contribution in [0.3, 0.4) is 0 Å². The number of nitrogens with zero attached hydrogens (tertiary/aromatic N) is 2. The molecule has 0 spiro atoms. The van der Waals surface area contributed by atoms with E-state index in [9.17, 15) is 19.2 Å². The second-order valence-electron chi connectivity index (χ2n) is 9.24. The third kappa shape index (κ3) is 7.55. The fourth-order valence-corrected chi connectivity index (χ4v) is 3.99. The van der Waals surface area contributed by atoms with Crippen LogP contribution in [0.25, 0.3) is 10.9 Å². The van der Waals surface area contributed by atoms with Gasteiger partial charge in [-0.15, -0.1) is 0 Å². The molecular formula is C27H33ClN4O4. The maximum absolute atomic E-state index is 13.2. The Hall–Kier alpha value is -3.39. The number of para-hydroxylation sites is 1. The van der Waals surface area contributed by atoms with Crippen molar-refractivity contribution >= 4 is 34.3 Å². The van der Waals surface area contributed by atoms with Crippen molar-refractivity contribution in [2.75, 3.05) is 6.54 Å². The van der Waals surface area contributed by atoms with Crippen molar-refractivity contribution in [3.8, 4) is 0 Å². The van der Waals surface area contributed by atoms with Crippen LogP contribution in [0.4, 0.5) is 0 Å². The van der Waals surface area contributed by atoms with E-state index >= 15 is 0 Å². The summed E-state index contributed by atoms with van der Waals surface area (Å²) in [5.74, 6) is 0.142. The van der Waals surface area contributed by atoms with Gasteiger partial charge in [0.2, 0.25) is 11.8 Å². The van der Waals surface area contributed by atoms with Gasteiger partial charge in [-0.05, 0) is 55.0 Å². The topological polar surface area (TPSA) is 102 Å². The Morgan fingerprint density at radius 2 is 1.64 bits per heavy atom. The average molecular weight is 513 g/mol. The summed E-state index contributed by atoms with van der Waals surface area (Å²) in [6, 6.07) is 13.9. The van der Waals surface area contributed by atoms with Crippen molar-refractivity contribution in [2.45, 2.75) is 59.2 Å². The molecule has 2 N–H and O–H groups in total. The molecule has 3 rings (SSSR count). The highest BCUT2D eigenvalue weighted by Gasteiger charge is 2.15. The number of nitrogens with one attached hydrogen (secondary N) is 2.